The molecule has 7 nitrogen and oxygen atoms in total. The smallest absolute Gasteiger partial charge is 0.254 e. The Morgan fingerprint density at radius 1 is 1.03 bits per heavy atom. The summed E-state index contributed by atoms with van der Waals surface area (Å²) in [5.74, 6) is 0.825. The highest BCUT2D eigenvalue weighted by molar-refractivity contribution is 7.89. The fourth-order valence-electron chi connectivity index (χ4n) is 3.87. The summed E-state index contributed by atoms with van der Waals surface area (Å²) in [6, 6.07) is 15.9. The number of furan rings is 1. The number of aryl methyl sites for hydroxylation is 1. The Bertz CT molecular complexity index is 1230. The van der Waals surface area contributed by atoms with E-state index >= 15 is 0 Å². The van der Waals surface area contributed by atoms with Gasteiger partial charge in [-0.15, -0.1) is 0 Å². The van der Waals surface area contributed by atoms with Crippen molar-refractivity contribution in [3.8, 4) is 0 Å². The Morgan fingerprint density at radius 3 is 2.36 bits per heavy atom. The molecule has 4 rings (SSSR count). The fourth-order valence-corrected chi connectivity index (χ4v) is 5.34. The average molecular weight is 472 g/mol. The van der Waals surface area contributed by atoms with Crippen molar-refractivity contribution in [2.24, 2.45) is 0 Å². The number of hydrogen-bond donors (Lipinski definition) is 0. The Balaban J connectivity index is 1.44. The lowest BCUT2D eigenvalue weighted by molar-refractivity contribution is 0.0774. The van der Waals surface area contributed by atoms with Crippen LogP contribution in [0, 0.1) is 12.7 Å². The molecule has 1 aliphatic rings. The number of hydrogen-bond acceptors (Lipinski definition) is 5. The molecule has 0 aliphatic carbocycles. The third-order valence-corrected chi connectivity index (χ3v) is 7.58. The summed E-state index contributed by atoms with van der Waals surface area (Å²) in [5.41, 5.74) is 1.16. The summed E-state index contributed by atoms with van der Waals surface area (Å²) in [5, 5.41) is 0. The minimum Gasteiger partial charge on any atom is -0.464 e. The van der Waals surface area contributed by atoms with Crippen molar-refractivity contribution >= 4 is 21.6 Å². The molecule has 2 aromatic carbocycles. The maximum atomic E-state index is 13.2. The van der Waals surface area contributed by atoms with Crippen LogP contribution in [-0.2, 0) is 16.6 Å². The van der Waals surface area contributed by atoms with Gasteiger partial charge in [-0.1, -0.05) is 6.07 Å². The number of halogens is 1. The molecule has 33 heavy (non-hydrogen) atoms. The van der Waals surface area contributed by atoms with E-state index in [0.29, 0.717) is 37.5 Å². The monoisotopic (exact) mass is 471 g/mol. The van der Waals surface area contributed by atoms with Crippen molar-refractivity contribution in [2.75, 3.05) is 38.1 Å². The molecule has 1 saturated heterocycles. The average Bonchev–Trinajstić information content (AvgIpc) is 3.23. The molecule has 174 valence electrons. The zero-order valence-electron chi connectivity index (χ0n) is 18.6. The molecule has 0 unspecified atom stereocenters. The molecular formula is C24H26FN3O4S. The van der Waals surface area contributed by atoms with Gasteiger partial charge < -0.3 is 14.2 Å². The number of sulfonamides is 1. The van der Waals surface area contributed by atoms with Crippen molar-refractivity contribution in [3.05, 3.63) is 83.6 Å². The molecule has 1 aromatic heterocycles. The number of anilines is 1. The first-order valence-electron chi connectivity index (χ1n) is 10.7. The third-order valence-electron chi connectivity index (χ3n) is 5.68. The molecule has 0 radical (unpaired) electrons. The largest absolute Gasteiger partial charge is 0.464 e. The predicted octanol–water partition coefficient (Wildman–Crippen LogP) is 3.51. The Labute approximate surface area is 193 Å². The SMILES string of the molecule is Cc1ccc(CN(C)C(=O)c2cccc(S(=O)(=O)N3CCN(c4ccc(F)cc4)CC3)c2)o1. The van der Waals surface area contributed by atoms with Gasteiger partial charge in [-0.25, -0.2) is 12.8 Å². The lowest BCUT2D eigenvalue weighted by Crippen LogP contribution is -2.48. The van der Waals surface area contributed by atoms with Crippen LogP contribution in [0.2, 0.25) is 0 Å². The molecule has 0 saturated carbocycles. The van der Waals surface area contributed by atoms with E-state index in [1.54, 1.807) is 31.3 Å². The van der Waals surface area contributed by atoms with E-state index in [1.165, 1.54) is 33.5 Å². The molecule has 1 fully saturated rings. The Kier molecular flexibility index (Phi) is 6.53. The Hall–Kier alpha value is -3.17. The number of carbonyl (C=O) groups is 1. The van der Waals surface area contributed by atoms with Crippen LogP contribution in [0.25, 0.3) is 0 Å². The lowest BCUT2D eigenvalue weighted by atomic mass is 10.2. The number of rotatable bonds is 6. The summed E-state index contributed by atoms with van der Waals surface area (Å²) in [6.07, 6.45) is 0. The van der Waals surface area contributed by atoms with Crippen LogP contribution < -0.4 is 4.90 Å². The summed E-state index contributed by atoms with van der Waals surface area (Å²) in [4.78, 5) is 16.5. The van der Waals surface area contributed by atoms with Crippen molar-refractivity contribution < 1.29 is 22.0 Å². The first kappa shape index (κ1) is 23.0. The van der Waals surface area contributed by atoms with Crippen molar-refractivity contribution in [1.82, 2.24) is 9.21 Å². The van der Waals surface area contributed by atoms with Crippen molar-refractivity contribution in [2.45, 2.75) is 18.4 Å². The maximum absolute atomic E-state index is 13.2. The van der Waals surface area contributed by atoms with Crippen molar-refractivity contribution in [3.63, 3.8) is 0 Å². The normalized spacial score (nSPS) is 14.9. The van der Waals surface area contributed by atoms with E-state index in [1.807, 2.05) is 24.0 Å². The second-order valence-electron chi connectivity index (χ2n) is 8.07. The summed E-state index contributed by atoms with van der Waals surface area (Å²) in [6.45, 7) is 3.71. The highest BCUT2D eigenvalue weighted by Crippen LogP contribution is 2.23. The fraction of sp³-hybridized carbons (Fsp3) is 0.292. The van der Waals surface area contributed by atoms with Gasteiger partial charge in [0.15, 0.2) is 0 Å². The molecule has 9 heteroatoms. The van der Waals surface area contributed by atoms with Crippen LogP contribution in [-0.4, -0.2) is 56.8 Å². The third kappa shape index (κ3) is 5.09. The van der Waals surface area contributed by atoms with Gasteiger partial charge in [0, 0.05) is 44.5 Å². The standard InChI is InChI=1S/C24H26FN3O4S/c1-18-6-11-22(32-18)17-26(2)24(29)19-4-3-5-23(16-19)33(30,31)28-14-12-27(13-15-28)21-9-7-20(25)8-10-21/h3-11,16H,12-15,17H2,1-2H3. The van der Waals surface area contributed by atoms with Gasteiger partial charge in [0.25, 0.3) is 5.91 Å². The second kappa shape index (κ2) is 9.36. The van der Waals surface area contributed by atoms with Crippen LogP contribution in [0.1, 0.15) is 21.9 Å². The van der Waals surface area contributed by atoms with Gasteiger partial charge in [0.1, 0.15) is 17.3 Å². The van der Waals surface area contributed by atoms with Crippen LogP contribution in [0.5, 0.6) is 0 Å². The summed E-state index contributed by atoms with van der Waals surface area (Å²) >= 11 is 0. The van der Waals surface area contributed by atoms with E-state index in [9.17, 15) is 17.6 Å². The molecule has 0 atom stereocenters. The molecule has 1 aliphatic heterocycles. The molecule has 2 heterocycles. The van der Waals surface area contributed by atoms with Gasteiger partial charge in [-0.2, -0.15) is 4.31 Å². The number of nitrogens with zero attached hydrogens (tertiary/aromatic N) is 3. The second-order valence-corrected chi connectivity index (χ2v) is 10.0. The van der Waals surface area contributed by atoms with Crippen LogP contribution >= 0.6 is 0 Å². The van der Waals surface area contributed by atoms with Crippen LogP contribution in [0.4, 0.5) is 10.1 Å². The quantitative estimate of drug-likeness (QED) is 0.550. The topological polar surface area (TPSA) is 74.1 Å². The number of piperazine rings is 1. The van der Waals surface area contributed by atoms with Gasteiger partial charge in [-0.05, 0) is 61.5 Å². The van der Waals surface area contributed by atoms with E-state index < -0.39 is 10.0 Å². The zero-order valence-corrected chi connectivity index (χ0v) is 19.4. The highest BCUT2D eigenvalue weighted by atomic mass is 32.2. The lowest BCUT2D eigenvalue weighted by Gasteiger charge is -2.35. The molecule has 0 bridgehead atoms. The van der Waals surface area contributed by atoms with E-state index in [4.69, 9.17) is 4.42 Å². The van der Waals surface area contributed by atoms with Gasteiger partial charge in [0.05, 0.1) is 11.4 Å². The van der Waals surface area contributed by atoms with Gasteiger partial charge in [-0.3, -0.25) is 4.79 Å². The first-order valence-corrected chi connectivity index (χ1v) is 12.1. The molecule has 1 amide bonds. The molecular weight excluding hydrogens is 445 g/mol. The summed E-state index contributed by atoms with van der Waals surface area (Å²) in [7, 11) is -2.11. The van der Waals surface area contributed by atoms with Crippen LogP contribution in [0.15, 0.2) is 70.0 Å². The minimum atomic E-state index is -3.75. The predicted molar refractivity (Wildman–Crippen MR) is 123 cm³/mol. The number of carbonyl (C=O) groups excluding carboxylic acids is 1. The van der Waals surface area contributed by atoms with Crippen molar-refractivity contribution in [1.29, 1.82) is 0 Å². The summed E-state index contributed by atoms with van der Waals surface area (Å²) < 4.78 is 46.6. The molecule has 0 N–H and O–H groups in total. The van der Waals surface area contributed by atoms with Crippen LogP contribution in [0.3, 0.4) is 0 Å². The Morgan fingerprint density at radius 2 is 1.73 bits per heavy atom. The molecule has 3 aromatic rings. The van der Waals surface area contributed by atoms with E-state index in [-0.39, 0.29) is 23.2 Å². The van der Waals surface area contributed by atoms with E-state index in [2.05, 4.69) is 0 Å². The zero-order chi connectivity index (χ0) is 23.6. The van der Waals surface area contributed by atoms with Gasteiger partial charge in [0.2, 0.25) is 10.0 Å². The minimum absolute atomic E-state index is 0.0887. The number of amides is 1. The van der Waals surface area contributed by atoms with E-state index in [0.717, 1.165) is 11.4 Å². The highest BCUT2D eigenvalue weighted by Gasteiger charge is 2.29. The molecule has 0 spiro atoms. The van der Waals surface area contributed by atoms with Gasteiger partial charge >= 0.3 is 0 Å². The first-order chi connectivity index (χ1) is 15.7. The maximum Gasteiger partial charge on any atom is 0.254 e. The number of benzene rings is 2.